The lowest BCUT2D eigenvalue weighted by Crippen LogP contribution is -2.40. The Balaban J connectivity index is 1.71. The zero-order chi connectivity index (χ0) is 30.1. The molecule has 0 bridgehead atoms. The largest absolute Gasteiger partial charge is 0.463 e. The molecule has 0 amide bonds. The lowest BCUT2D eigenvalue weighted by molar-refractivity contribution is -0.139. The van der Waals surface area contributed by atoms with Crippen LogP contribution in [0.1, 0.15) is 80.6 Å². The van der Waals surface area contributed by atoms with Crippen LogP contribution in [0.2, 0.25) is 0 Å². The molecule has 42 heavy (non-hydrogen) atoms. The lowest BCUT2D eigenvalue weighted by atomic mass is 9.92. The molecule has 1 atom stereocenters. The molecule has 0 aliphatic carbocycles. The van der Waals surface area contributed by atoms with E-state index in [4.69, 9.17) is 9.73 Å². The Labute approximate surface area is 249 Å². The molecule has 1 aliphatic heterocycles. The maximum absolute atomic E-state index is 14.1. The van der Waals surface area contributed by atoms with E-state index in [1.807, 2.05) is 49.6 Å². The van der Waals surface area contributed by atoms with Crippen molar-refractivity contribution < 1.29 is 13.9 Å². The average molecular weight is 586 g/mol. The number of carbonyl (C=O) groups is 1. The number of thiazole rings is 1. The van der Waals surface area contributed by atoms with Gasteiger partial charge in [-0.1, -0.05) is 62.8 Å². The maximum Gasteiger partial charge on any atom is 0.338 e. The van der Waals surface area contributed by atoms with E-state index in [1.165, 1.54) is 29.0 Å². The van der Waals surface area contributed by atoms with Crippen LogP contribution in [0.3, 0.4) is 0 Å². The summed E-state index contributed by atoms with van der Waals surface area (Å²) in [5.74, 6) is -0.383. The molecule has 0 fully saturated rings. The number of aryl methyl sites for hydroxylation is 1. The highest BCUT2D eigenvalue weighted by molar-refractivity contribution is 7.07. The lowest BCUT2D eigenvalue weighted by Gasteiger charge is -2.26. The Bertz CT molecular complexity index is 1840. The number of rotatable bonds is 8. The molecule has 0 radical (unpaired) electrons. The summed E-state index contributed by atoms with van der Waals surface area (Å²) in [4.78, 5) is 33.0. The molecule has 5 rings (SSSR count). The van der Waals surface area contributed by atoms with Crippen LogP contribution in [0, 0.1) is 19.7 Å². The van der Waals surface area contributed by atoms with Crippen molar-refractivity contribution in [1.82, 2.24) is 9.13 Å². The predicted molar refractivity (Wildman–Crippen MR) is 165 cm³/mol. The van der Waals surface area contributed by atoms with Gasteiger partial charge in [0.25, 0.3) is 5.56 Å². The van der Waals surface area contributed by atoms with E-state index in [2.05, 4.69) is 26.0 Å². The van der Waals surface area contributed by atoms with Gasteiger partial charge in [-0.15, -0.1) is 0 Å². The second-order valence-corrected chi connectivity index (χ2v) is 11.9. The third kappa shape index (κ3) is 5.43. The minimum Gasteiger partial charge on any atom is -0.463 e. The SMILES string of the molecule is CCCC1=C(C(=O)OCC)[C@H](c2ccc(C(C)C)cc2)n2c(s/c(=C\c3cc(C)n(-c4ccc(F)cc4)c3C)c2=O)=N1. The number of esters is 1. The summed E-state index contributed by atoms with van der Waals surface area (Å²) < 4.78 is 23.3. The molecule has 0 saturated carbocycles. The van der Waals surface area contributed by atoms with Gasteiger partial charge in [-0.05, 0) is 86.2 Å². The molecule has 0 unspecified atom stereocenters. The van der Waals surface area contributed by atoms with E-state index in [0.29, 0.717) is 32.9 Å². The molecule has 4 aromatic rings. The third-order valence-electron chi connectivity index (χ3n) is 7.65. The Hall–Kier alpha value is -4.04. The fourth-order valence-corrected chi connectivity index (χ4v) is 6.57. The van der Waals surface area contributed by atoms with Gasteiger partial charge in [0.2, 0.25) is 0 Å². The average Bonchev–Trinajstić information content (AvgIpc) is 3.42. The standard InChI is InChI=1S/C34H36FN3O3S/c1-7-9-28-30(33(40)41-8-2)31(24-12-10-23(11-13-24)20(3)4)38-32(39)29(42-34(38)36-28)19-25-18-21(5)37(22(25)6)27-16-14-26(35)15-17-27/h10-20,31H,7-9H2,1-6H3/b29-19-/t31-/m0/s1. The third-order valence-corrected chi connectivity index (χ3v) is 8.64. The predicted octanol–water partition coefficient (Wildman–Crippen LogP) is 6.25. The van der Waals surface area contributed by atoms with Crippen molar-refractivity contribution >= 4 is 23.4 Å². The van der Waals surface area contributed by atoms with E-state index in [9.17, 15) is 14.0 Å². The molecule has 8 heteroatoms. The Kier molecular flexibility index (Phi) is 8.45. The Morgan fingerprint density at radius 3 is 2.40 bits per heavy atom. The van der Waals surface area contributed by atoms with Gasteiger partial charge in [-0.3, -0.25) is 9.36 Å². The van der Waals surface area contributed by atoms with Crippen molar-refractivity contribution in [3.63, 3.8) is 0 Å². The molecule has 0 saturated heterocycles. The van der Waals surface area contributed by atoms with Crippen LogP contribution in [0.5, 0.6) is 0 Å². The number of fused-ring (bicyclic) bond motifs is 1. The fourth-order valence-electron chi connectivity index (χ4n) is 5.56. The first-order valence-electron chi connectivity index (χ1n) is 14.4. The topological polar surface area (TPSA) is 65.6 Å². The zero-order valence-corrected chi connectivity index (χ0v) is 25.7. The summed E-state index contributed by atoms with van der Waals surface area (Å²) in [6, 6.07) is 15.9. The number of ether oxygens (including phenoxy) is 1. The summed E-state index contributed by atoms with van der Waals surface area (Å²) in [5, 5.41) is 0. The van der Waals surface area contributed by atoms with Crippen molar-refractivity contribution in [3.8, 4) is 5.69 Å². The van der Waals surface area contributed by atoms with E-state index in [1.54, 1.807) is 23.6 Å². The first-order valence-corrected chi connectivity index (χ1v) is 15.2. The van der Waals surface area contributed by atoms with Crippen molar-refractivity contribution in [1.29, 1.82) is 0 Å². The van der Waals surface area contributed by atoms with Crippen LogP contribution in [0.15, 0.2) is 75.7 Å². The number of nitrogens with zero attached hydrogens (tertiary/aromatic N) is 3. The summed E-state index contributed by atoms with van der Waals surface area (Å²) in [6.45, 7) is 12.3. The highest BCUT2D eigenvalue weighted by Gasteiger charge is 2.34. The zero-order valence-electron chi connectivity index (χ0n) is 24.9. The first-order chi connectivity index (χ1) is 20.1. The smallest absolute Gasteiger partial charge is 0.338 e. The van der Waals surface area contributed by atoms with E-state index < -0.39 is 12.0 Å². The van der Waals surface area contributed by atoms with Crippen LogP contribution >= 0.6 is 11.3 Å². The summed E-state index contributed by atoms with van der Waals surface area (Å²) >= 11 is 1.32. The maximum atomic E-state index is 14.1. The Morgan fingerprint density at radius 2 is 1.79 bits per heavy atom. The number of benzene rings is 2. The number of carbonyl (C=O) groups excluding carboxylic acids is 1. The monoisotopic (exact) mass is 585 g/mol. The van der Waals surface area contributed by atoms with Gasteiger partial charge in [0.1, 0.15) is 5.82 Å². The molecule has 3 heterocycles. The van der Waals surface area contributed by atoms with Gasteiger partial charge in [-0.25, -0.2) is 14.2 Å². The van der Waals surface area contributed by atoms with Gasteiger partial charge >= 0.3 is 5.97 Å². The quantitative estimate of drug-likeness (QED) is 0.230. The minimum atomic E-state index is -0.642. The van der Waals surface area contributed by atoms with Gasteiger partial charge < -0.3 is 9.30 Å². The summed E-state index contributed by atoms with van der Waals surface area (Å²) in [7, 11) is 0. The highest BCUT2D eigenvalue weighted by Crippen LogP contribution is 2.33. The molecule has 2 aromatic heterocycles. The second-order valence-electron chi connectivity index (χ2n) is 10.9. The van der Waals surface area contributed by atoms with Gasteiger partial charge in [-0.2, -0.15) is 0 Å². The van der Waals surface area contributed by atoms with Gasteiger partial charge in [0.15, 0.2) is 4.80 Å². The van der Waals surface area contributed by atoms with Crippen molar-refractivity contribution in [2.45, 2.75) is 66.3 Å². The summed E-state index contributed by atoms with van der Waals surface area (Å²) in [6.07, 6.45) is 3.28. The molecule has 6 nitrogen and oxygen atoms in total. The van der Waals surface area contributed by atoms with E-state index in [0.717, 1.165) is 34.6 Å². The first kappa shape index (κ1) is 29.5. The number of aromatic nitrogens is 2. The van der Waals surface area contributed by atoms with Crippen LogP contribution in [-0.2, 0) is 9.53 Å². The molecule has 218 valence electrons. The fraction of sp³-hybridized carbons (Fsp3) is 0.324. The van der Waals surface area contributed by atoms with Crippen molar-refractivity contribution in [3.05, 3.63) is 119 Å². The number of allylic oxidation sites excluding steroid dienone is 1. The summed E-state index contributed by atoms with van der Waals surface area (Å²) in [5.41, 5.74) is 6.53. The molecular weight excluding hydrogens is 549 g/mol. The van der Waals surface area contributed by atoms with Crippen LogP contribution < -0.4 is 14.9 Å². The van der Waals surface area contributed by atoms with Crippen LogP contribution in [0.4, 0.5) is 4.39 Å². The highest BCUT2D eigenvalue weighted by atomic mass is 32.1. The van der Waals surface area contributed by atoms with E-state index in [-0.39, 0.29) is 18.0 Å². The minimum absolute atomic E-state index is 0.208. The van der Waals surface area contributed by atoms with Gasteiger partial charge in [0, 0.05) is 17.1 Å². The molecule has 0 spiro atoms. The molecule has 2 aromatic carbocycles. The normalized spacial score (nSPS) is 15.2. The van der Waals surface area contributed by atoms with E-state index >= 15 is 0 Å². The number of hydrogen-bond donors (Lipinski definition) is 0. The molecule has 0 N–H and O–H groups in total. The molecular formula is C34H36FN3O3S. The van der Waals surface area contributed by atoms with Gasteiger partial charge in [0.05, 0.1) is 28.5 Å². The number of halogens is 1. The number of hydrogen-bond acceptors (Lipinski definition) is 5. The molecule has 1 aliphatic rings. The van der Waals surface area contributed by atoms with Crippen LogP contribution in [-0.4, -0.2) is 21.7 Å². The van der Waals surface area contributed by atoms with Crippen molar-refractivity contribution in [2.75, 3.05) is 6.61 Å². The Morgan fingerprint density at radius 1 is 1.10 bits per heavy atom. The van der Waals surface area contributed by atoms with Crippen molar-refractivity contribution in [2.24, 2.45) is 4.99 Å². The second kappa shape index (κ2) is 12.1. The van der Waals surface area contributed by atoms with Crippen LogP contribution in [0.25, 0.3) is 11.8 Å².